The van der Waals surface area contributed by atoms with Gasteiger partial charge in [0.2, 0.25) is 4.34 Å². The Morgan fingerprint density at radius 1 is 1.00 bits per heavy atom. The fourth-order valence-corrected chi connectivity index (χ4v) is 7.97. The van der Waals surface area contributed by atoms with Crippen LogP contribution in [0.4, 0.5) is 0 Å². The zero-order valence-corrected chi connectivity index (χ0v) is 17.4. The summed E-state index contributed by atoms with van der Waals surface area (Å²) in [6, 6.07) is 17.7. The first kappa shape index (κ1) is 18.9. The van der Waals surface area contributed by atoms with Crippen LogP contribution in [0.3, 0.4) is 0 Å². The summed E-state index contributed by atoms with van der Waals surface area (Å²) in [5.41, 5.74) is 1.88. The van der Waals surface area contributed by atoms with E-state index >= 15 is 0 Å². The van der Waals surface area contributed by atoms with Crippen molar-refractivity contribution < 1.29 is 8.42 Å². The lowest BCUT2D eigenvalue weighted by molar-refractivity contribution is 0.345. The van der Waals surface area contributed by atoms with Crippen molar-refractivity contribution in [2.75, 3.05) is 0 Å². The third kappa shape index (κ3) is 4.21. The lowest BCUT2D eigenvalue weighted by Gasteiger charge is -2.31. The lowest BCUT2D eigenvalue weighted by atomic mass is 9.96. The Morgan fingerprint density at radius 2 is 1.70 bits per heavy atom. The minimum atomic E-state index is -3.63. The summed E-state index contributed by atoms with van der Waals surface area (Å²) in [6.45, 7) is 0. The summed E-state index contributed by atoms with van der Waals surface area (Å²) in [4.78, 5) is 4.43. The third-order valence-electron chi connectivity index (χ3n) is 4.81. The average molecular weight is 419 g/mol. The van der Waals surface area contributed by atoms with Crippen molar-refractivity contribution in [3.63, 3.8) is 0 Å². The van der Waals surface area contributed by atoms with Crippen molar-refractivity contribution >= 4 is 43.5 Å². The molecule has 2 aromatic carbocycles. The largest absolute Gasteiger partial charge is 0.279 e. The number of sulfonamides is 1. The quantitative estimate of drug-likeness (QED) is 0.498. The first-order chi connectivity index (χ1) is 13.1. The van der Waals surface area contributed by atoms with Crippen LogP contribution in [0.25, 0.3) is 10.2 Å². The highest BCUT2D eigenvalue weighted by molar-refractivity contribution is 8.08. The maximum absolute atomic E-state index is 13.5. The first-order valence-electron chi connectivity index (χ1n) is 9.21. The van der Waals surface area contributed by atoms with Crippen LogP contribution in [0.1, 0.15) is 37.7 Å². The molecule has 0 N–H and O–H groups in total. The predicted molar refractivity (Wildman–Crippen MR) is 113 cm³/mol. The first-order valence-corrected chi connectivity index (χ1v) is 12.4. The maximum Gasteiger partial charge on any atom is 0.279 e. The fraction of sp³-hybridized carbons (Fsp3) is 0.350. The molecule has 1 heterocycles. The topological polar surface area (TPSA) is 50.3 Å². The average Bonchev–Trinajstić information content (AvgIpc) is 3.15. The van der Waals surface area contributed by atoms with E-state index in [1.807, 2.05) is 54.6 Å². The molecule has 0 aliphatic heterocycles. The van der Waals surface area contributed by atoms with Crippen LogP contribution >= 0.6 is 23.3 Å². The molecule has 1 aliphatic rings. The molecule has 0 bridgehead atoms. The number of rotatable bonds is 6. The summed E-state index contributed by atoms with van der Waals surface area (Å²) >= 11 is 2.67. The molecule has 7 heteroatoms. The molecular weight excluding hydrogens is 396 g/mol. The van der Waals surface area contributed by atoms with Crippen molar-refractivity contribution in [1.29, 1.82) is 0 Å². The van der Waals surface area contributed by atoms with Crippen LogP contribution in [0.15, 0.2) is 58.9 Å². The van der Waals surface area contributed by atoms with Gasteiger partial charge in [-0.3, -0.25) is 0 Å². The number of para-hydroxylation sites is 1. The second-order valence-corrected chi connectivity index (χ2v) is 10.9. The van der Waals surface area contributed by atoms with E-state index in [4.69, 9.17) is 0 Å². The minimum Gasteiger partial charge on any atom is -0.224 e. The molecule has 1 fully saturated rings. The highest BCUT2D eigenvalue weighted by Crippen LogP contribution is 2.37. The minimum absolute atomic E-state index is 0.0458. The molecule has 0 spiro atoms. The number of aromatic nitrogens is 1. The van der Waals surface area contributed by atoms with E-state index in [0.717, 1.165) is 41.5 Å². The molecule has 3 aromatic rings. The van der Waals surface area contributed by atoms with E-state index in [0.29, 0.717) is 5.75 Å². The lowest BCUT2D eigenvalue weighted by Crippen LogP contribution is -2.36. The Labute approximate surface area is 168 Å². The number of fused-ring (bicyclic) bond motifs is 1. The highest BCUT2D eigenvalue weighted by Gasteiger charge is 2.35. The van der Waals surface area contributed by atoms with Gasteiger partial charge in [-0.2, -0.15) is 0 Å². The SMILES string of the molecule is O=S(=O)(c1nc2ccccc2s1)N(SCc1ccccc1)C1CCCCC1. The summed E-state index contributed by atoms with van der Waals surface area (Å²) in [5, 5.41) is 0. The van der Waals surface area contributed by atoms with Gasteiger partial charge in [-0.25, -0.2) is 13.4 Å². The molecule has 1 saturated carbocycles. The zero-order chi connectivity index (χ0) is 18.7. The van der Waals surface area contributed by atoms with Gasteiger partial charge in [-0.15, -0.1) is 15.0 Å². The van der Waals surface area contributed by atoms with Crippen molar-refractivity contribution in [1.82, 2.24) is 8.69 Å². The van der Waals surface area contributed by atoms with Gasteiger partial charge >= 0.3 is 0 Å². The summed E-state index contributed by atoms with van der Waals surface area (Å²) in [7, 11) is -3.63. The monoisotopic (exact) mass is 418 g/mol. The Kier molecular flexibility index (Phi) is 5.82. The fourth-order valence-electron chi connectivity index (χ4n) is 3.41. The Bertz CT molecular complexity index is 963. The molecule has 0 radical (unpaired) electrons. The van der Waals surface area contributed by atoms with Gasteiger partial charge < -0.3 is 0 Å². The summed E-state index contributed by atoms with van der Waals surface area (Å²) in [5.74, 6) is 0.640. The number of thiazole rings is 1. The number of hydrogen-bond donors (Lipinski definition) is 0. The molecule has 1 aliphatic carbocycles. The molecule has 0 atom stereocenters. The van der Waals surface area contributed by atoms with Gasteiger partial charge in [-0.05, 0) is 30.5 Å². The van der Waals surface area contributed by atoms with Gasteiger partial charge in [0.1, 0.15) is 0 Å². The van der Waals surface area contributed by atoms with Crippen LogP contribution in [0, 0.1) is 0 Å². The van der Waals surface area contributed by atoms with E-state index in [1.165, 1.54) is 29.7 Å². The Morgan fingerprint density at radius 3 is 2.44 bits per heavy atom. The van der Waals surface area contributed by atoms with E-state index in [1.54, 1.807) is 3.71 Å². The van der Waals surface area contributed by atoms with Crippen LogP contribution in [0.2, 0.25) is 0 Å². The number of hydrogen-bond acceptors (Lipinski definition) is 5. The molecule has 0 amide bonds. The molecule has 4 rings (SSSR count). The number of nitrogens with zero attached hydrogens (tertiary/aromatic N) is 2. The number of benzene rings is 2. The van der Waals surface area contributed by atoms with Crippen molar-refractivity contribution in [2.45, 2.75) is 48.2 Å². The van der Waals surface area contributed by atoms with Crippen molar-refractivity contribution in [2.24, 2.45) is 0 Å². The van der Waals surface area contributed by atoms with Crippen LogP contribution in [-0.4, -0.2) is 23.2 Å². The Hall–Kier alpha value is -1.41. The van der Waals surface area contributed by atoms with E-state index in [-0.39, 0.29) is 10.4 Å². The van der Waals surface area contributed by atoms with Gasteiger partial charge in [0, 0.05) is 11.8 Å². The van der Waals surface area contributed by atoms with Gasteiger partial charge in [0.25, 0.3) is 10.0 Å². The molecular formula is C20H22N2O2S3. The van der Waals surface area contributed by atoms with Crippen molar-refractivity contribution in [3.05, 3.63) is 60.2 Å². The van der Waals surface area contributed by atoms with Gasteiger partial charge in [-0.1, -0.05) is 73.7 Å². The summed E-state index contributed by atoms with van der Waals surface area (Å²) < 4.78 is 29.7. The smallest absolute Gasteiger partial charge is 0.224 e. The second kappa shape index (κ2) is 8.31. The molecule has 142 valence electrons. The molecule has 0 unspecified atom stereocenters. The standard InChI is InChI=1S/C20H22N2O2S3/c23-27(24,20-21-18-13-7-8-14-19(18)26-20)22(17-11-5-2-6-12-17)25-15-16-9-3-1-4-10-16/h1,3-4,7-10,13-14,17H,2,5-6,11-12,15H2. The second-order valence-electron chi connectivity index (χ2n) is 6.76. The molecule has 4 nitrogen and oxygen atoms in total. The van der Waals surface area contributed by atoms with Crippen molar-refractivity contribution in [3.8, 4) is 0 Å². The van der Waals surface area contributed by atoms with Crippen LogP contribution < -0.4 is 0 Å². The van der Waals surface area contributed by atoms with Gasteiger partial charge in [0.05, 0.1) is 10.2 Å². The molecule has 1 aromatic heterocycles. The van der Waals surface area contributed by atoms with E-state index < -0.39 is 10.0 Å². The predicted octanol–water partition coefficient (Wildman–Crippen LogP) is 5.47. The van der Waals surface area contributed by atoms with E-state index in [9.17, 15) is 8.42 Å². The Balaban J connectivity index is 1.65. The highest BCUT2D eigenvalue weighted by atomic mass is 32.3. The zero-order valence-electron chi connectivity index (χ0n) is 15.0. The van der Waals surface area contributed by atoms with Crippen LogP contribution in [-0.2, 0) is 15.8 Å². The van der Waals surface area contributed by atoms with Gasteiger partial charge in [0.15, 0.2) is 0 Å². The molecule has 0 saturated heterocycles. The third-order valence-corrected chi connectivity index (χ3v) is 9.74. The van der Waals surface area contributed by atoms with Crippen LogP contribution in [0.5, 0.6) is 0 Å². The van der Waals surface area contributed by atoms with E-state index in [2.05, 4.69) is 4.98 Å². The normalized spacial score (nSPS) is 16.2. The maximum atomic E-state index is 13.5. The molecule has 27 heavy (non-hydrogen) atoms. The summed E-state index contributed by atoms with van der Waals surface area (Å²) in [6.07, 6.45) is 5.21.